The zero-order valence-electron chi connectivity index (χ0n) is 17.1. The number of methoxy groups -OCH3 is 2. The molecule has 2 unspecified atom stereocenters. The number of carbonyl (C=O) groups excluding carboxylic acids is 2. The predicted molar refractivity (Wildman–Crippen MR) is 107 cm³/mol. The SMILES string of the molecule is CCCCC(=O)Nc1cc(OC)c(OC)cc1C(=O)N1C(C)CCCC1C. The summed E-state index contributed by atoms with van der Waals surface area (Å²) in [7, 11) is 3.08. The van der Waals surface area contributed by atoms with E-state index >= 15 is 0 Å². The Labute approximate surface area is 162 Å². The second-order valence-electron chi connectivity index (χ2n) is 7.25. The second kappa shape index (κ2) is 9.62. The standard InChI is InChI=1S/C21H32N2O4/c1-6-7-11-20(24)22-17-13-19(27-5)18(26-4)12-16(17)21(25)23-14(2)9-8-10-15(23)3/h12-15H,6-11H2,1-5H3,(H,22,24). The maximum absolute atomic E-state index is 13.4. The number of unbranched alkanes of at least 4 members (excludes halogenated alkanes) is 1. The van der Waals surface area contributed by atoms with E-state index in [1.165, 1.54) is 14.2 Å². The Hall–Kier alpha value is -2.24. The average Bonchev–Trinajstić information content (AvgIpc) is 2.65. The van der Waals surface area contributed by atoms with Crippen molar-refractivity contribution in [2.24, 2.45) is 0 Å². The Balaban J connectivity index is 2.41. The Morgan fingerprint density at radius 3 is 2.26 bits per heavy atom. The van der Waals surface area contributed by atoms with Crippen molar-refractivity contribution in [1.82, 2.24) is 4.90 Å². The van der Waals surface area contributed by atoms with Gasteiger partial charge in [0, 0.05) is 24.6 Å². The molecule has 1 aromatic rings. The van der Waals surface area contributed by atoms with E-state index in [2.05, 4.69) is 19.2 Å². The number of nitrogens with one attached hydrogen (secondary N) is 1. The van der Waals surface area contributed by atoms with Gasteiger partial charge < -0.3 is 19.7 Å². The minimum Gasteiger partial charge on any atom is -0.493 e. The Bertz CT molecular complexity index is 664. The number of hydrogen-bond acceptors (Lipinski definition) is 4. The van der Waals surface area contributed by atoms with Crippen LogP contribution in [0.25, 0.3) is 0 Å². The van der Waals surface area contributed by atoms with E-state index in [0.29, 0.717) is 29.2 Å². The lowest BCUT2D eigenvalue weighted by Crippen LogP contribution is -2.47. The summed E-state index contributed by atoms with van der Waals surface area (Å²) in [6.45, 7) is 6.19. The van der Waals surface area contributed by atoms with Crippen LogP contribution in [0.3, 0.4) is 0 Å². The van der Waals surface area contributed by atoms with Crippen LogP contribution >= 0.6 is 0 Å². The number of ether oxygens (including phenoxy) is 2. The van der Waals surface area contributed by atoms with Gasteiger partial charge in [-0.2, -0.15) is 0 Å². The molecule has 1 saturated heterocycles. The first-order valence-corrected chi connectivity index (χ1v) is 9.81. The fourth-order valence-electron chi connectivity index (χ4n) is 3.67. The topological polar surface area (TPSA) is 67.9 Å². The monoisotopic (exact) mass is 376 g/mol. The highest BCUT2D eigenvalue weighted by Gasteiger charge is 2.31. The van der Waals surface area contributed by atoms with Gasteiger partial charge in [0.25, 0.3) is 5.91 Å². The number of carbonyl (C=O) groups is 2. The average molecular weight is 376 g/mol. The minimum atomic E-state index is -0.0992. The molecule has 150 valence electrons. The van der Waals surface area contributed by atoms with Gasteiger partial charge in [0.05, 0.1) is 25.5 Å². The van der Waals surface area contributed by atoms with Crippen molar-refractivity contribution in [3.63, 3.8) is 0 Å². The first-order chi connectivity index (χ1) is 12.9. The molecule has 0 bridgehead atoms. The van der Waals surface area contributed by atoms with Gasteiger partial charge in [0.2, 0.25) is 5.91 Å². The molecule has 6 nitrogen and oxygen atoms in total. The molecule has 2 amide bonds. The van der Waals surface area contributed by atoms with Crippen LogP contribution in [0, 0.1) is 0 Å². The third kappa shape index (κ3) is 4.93. The lowest BCUT2D eigenvalue weighted by atomic mass is 9.96. The summed E-state index contributed by atoms with van der Waals surface area (Å²) in [6.07, 6.45) is 5.27. The van der Waals surface area contributed by atoms with Gasteiger partial charge in [-0.15, -0.1) is 0 Å². The van der Waals surface area contributed by atoms with Crippen molar-refractivity contribution in [1.29, 1.82) is 0 Å². The van der Waals surface area contributed by atoms with Gasteiger partial charge in [-0.1, -0.05) is 13.3 Å². The Kier molecular flexibility index (Phi) is 7.51. The maximum atomic E-state index is 13.4. The summed E-state index contributed by atoms with van der Waals surface area (Å²) in [5, 5.41) is 2.90. The minimum absolute atomic E-state index is 0.0820. The second-order valence-corrected chi connectivity index (χ2v) is 7.25. The van der Waals surface area contributed by atoms with Gasteiger partial charge in [-0.05, 0) is 45.6 Å². The van der Waals surface area contributed by atoms with Crippen LogP contribution in [-0.2, 0) is 4.79 Å². The normalized spacial score (nSPS) is 19.5. The lowest BCUT2D eigenvalue weighted by molar-refractivity contribution is -0.116. The van der Waals surface area contributed by atoms with Gasteiger partial charge >= 0.3 is 0 Å². The third-order valence-electron chi connectivity index (χ3n) is 5.21. The summed E-state index contributed by atoms with van der Waals surface area (Å²) in [5.74, 6) is 0.781. The van der Waals surface area contributed by atoms with E-state index in [-0.39, 0.29) is 23.9 Å². The Morgan fingerprint density at radius 1 is 1.11 bits per heavy atom. The molecule has 0 saturated carbocycles. The summed E-state index contributed by atoms with van der Waals surface area (Å²) >= 11 is 0. The number of anilines is 1. The molecular formula is C21H32N2O4. The van der Waals surface area contributed by atoms with Crippen LogP contribution in [0.5, 0.6) is 11.5 Å². The highest BCUT2D eigenvalue weighted by molar-refractivity contribution is 6.04. The molecule has 0 spiro atoms. The van der Waals surface area contributed by atoms with Gasteiger partial charge in [0.15, 0.2) is 11.5 Å². The quantitative estimate of drug-likeness (QED) is 0.773. The van der Waals surface area contributed by atoms with Crippen LogP contribution in [0.15, 0.2) is 12.1 Å². The largest absolute Gasteiger partial charge is 0.493 e. The number of nitrogens with zero attached hydrogens (tertiary/aromatic N) is 1. The molecule has 1 fully saturated rings. The van der Waals surface area contributed by atoms with Gasteiger partial charge in [-0.25, -0.2) is 0 Å². The number of likely N-dealkylation sites (tertiary alicyclic amines) is 1. The van der Waals surface area contributed by atoms with Gasteiger partial charge in [0.1, 0.15) is 0 Å². The van der Waals surface area contributed by atoms with E-state index in [0.717, 1.165) is 32.1 Å². The zero-order chi connectivity index (χ0) is 20.0. The smallest absolute Gasteiger partial charge is 0.256 e. The molecule has 0 aromatic heterocycles. The number of piperidine rings is 1. The van der Waals surface area contributed by atoms with Crippen molar-refractivity contribution in [2.75, 3.05) is 19.5 Å². The van der Waals surface area contributed by atoms with Gasteiger partial charge in [-0.3, -0.25) is 9.59 Å². The molecule has 1 N–H and O–H groups in total. The highest BCUT2D eigenvalue weighted by Crippen LogP contribution is 2.35. The van der Waals surface area contributed by atoms with Crippen molar-refractivity contribution in [3.05, 3.63) is 17.7 Å². The van der Waals surface area contributed by atoms with Crippen molar-refractivity contribution < 1.29 is 19.1 Å². The summed E-state index contributed by atoms with van der Waals surface area (Å²) in [4.78, 5) is 27.6. The number of rotatable bonds is 7. The van der Waals surface area contributed by atoms with Crippen LogP contribution in [-0.4, -0.2) is 43.0 Å². The first-order valence-electron chi connectivity index (χ1n) is 9.81. The van der Waals surface area contributed by atoms with Crippen LogP contribution < -0.4 is 14.8 Å². The van der Waals surface area contributed by atoms with E-state index in [1.54, 1.807) is 12.1 Å². The lowest BCUT2D eigenvalue weighted by Gasteiger charge is -2.39. The van der Waals surface area contributed by atoms with Crippen LogP contribution in [0.4, 0.5) is 5.69 Å². The molecular weight excluding hydrogens is 344 g/mol. The van der Waals surface area contributed by atoms with Crippen LogP contribution in [0.2, 0.25) is 0 Å². The molecule has 0 radical (unpaired) electrons. The molecule has 2 atom stereocenters. The van der Waals surface area contributed by atoms with Crippen molar-refractivity contribution in [3.8, 4) is 11.5 Å². The van der Waals surface area contributed by atoms with E-state index < -0.39 is 0 Å². The fraction of sp³-hybridized carbons (Fsp3) is 0.619. The van der Waals surface area contributed by atoms with Crippen LogP contribution in [0.1, 0.15) is 69.7 Å². The van der Waals surface area contributed by atoms with E-state index in [4.69, 9.17) is 9.47 Å². The number of hydrogen-bond donors (Lipinski definition) is 1. The molecule has 0 aliphatic carbocycles. The van der Waals surface area contributed by atoms with E-state index in [1.807, 2.05) is 11.8 Å². The third-order valence-corrected chi connectivity index (χ3v) is 5.21. The number of benzene rings is 1. The summed E-state index contributed by atoms with van der Waals surface area (Å²) in [5.41, 5.74) is 0.918. The van der Waals surface area contributed by atoms with Crippen molar-refractivity contribution in [2.45, 2.75) is 71.4 Å². The summed E-state index contributed by atoms with van der Waals surface area (Å²) < 4.78 is 10.7. The molecule has 1 heterocycles. The highest BCUT2D eigenvalue weighted by atomic mass is 16.5. The molecule has 2 rings (SSSR count). The molecule has 6 heteroatoms. The van der Waals surface area contributed by atoms with E-state index in [9.17, 15) is 9.59 Å². The molecule has 1 aromatic carbocycles. The molecule has 1 aliphatic rings. The zero-order valence-corrected chi connectivity index (χ0v) is 17.1. The Morgan fingerprint density at radius 2 is 1.70 bits per heavy atom. The molecule has 1 aliphatic heterocycles. The molecule has 27 heavy (non-hydrogen) atoms. The van der Waals surface area contributed by atoms with Crippen molar-refractivity contribution >= 4 is 17.5 Å². The predicted octanol–water partition coefficient (Wildman–Crippen LogP) is 4.24. The maximum Gasteiger partial charge on any atom is 0.256 e. The first kappa shape index (κ1) is 21.1. The fourth-order valence-corrected chi connectivity index (χ4v) is 3.67. The number of amides is 2. The summed E-state index contributed by atoms with van der Waals surface area (Å²) in [6, 6.07) is 3.68.